The van der Waals surface area contributed by atoms with Crippen molar-refractivity contribution in [3.8, 4) is 0 Å². The summed E-state index contributed by atoms with van der Waals surface area (Å²) in [6.07, 6.45) is 0. The summed E-state index contributed by atoms with van der Waals surface area (Å²) < 4.78 is 1.21. The van der Waals surface area contributed by atoms with Crippen LogP contribution in [0.4, 0.5) is 14.9 Å². The standard InChI is InChI=1S/C16H16N4OS2/c21-15(18-14-6-3-11-22-14)19-7-9-20(10-8-19)16-17-12-4-1-2-5-13(12)23-16/h1-6,11H,7-10H2,(H,18,21). The van der Waals surface area contributed by atoms with Gasteiger partial charge in [0.15, 0.2) is 5.13 Å². The number of carbonyl (C=O) groups excluding carboxylic acids is 1. The number of benzene rings is 1. The van der Waals surface area contributed by atoms with Gasteiger partial charge in [0, 0.05) is 26.2 Å². The van der Waals surface area contributed by atoms with Gasteiger partial charge in [-0.3, -0.25) is 5.32 Å². The van der Waals surface area contributed by atoms with Crippen LogP contribution < -0.4 is 10.2 Å². The zero-order chi connectivity index (χ0) is 15.6. The topological polar surface area (TPSA) is 48.5 Å². The van der Waals surface area contributed by atoms with Crippen molar-refractivity contribution in [3.63, 3.8) is 0 Å². The quantitative estimate of drug-likeness (QED) is 0.771. The SMILES string of the molecule is O=C(Nc1cccs1)N1CCN(c2nc3ccccc3s2)CC1. The first-order valence-corrected chi connectivity index (χ1v) is 9.19. The maximum Gasteiger partial charge on any atom is 0.322 e. The third kappa shape index (κ3) is 3.02. The minimum absolute atomic E-state index is 0.0172. The van der Waals surface area contributed by atoms with Crippen molar-refractivity contribution in [2.24, 2.45) is 0 Å². The number of aromatic nitrogens is 1. The molecule has 0 radical (unpaired) electrons. The second-order valence-electron chi connectivity index (χ2n) is 5.35. The van der Waals surface area contributed by atoms with E-state index >= 15 is 0 Å². The normalized spacial score (nSPS) is 15.1. The fraction of sp³-hybridized carbons (Fsp3) is 0.250. The number of rotatable bonds is 2. The molecule has 0 spiro atoms. The van der Waals surface area contributed by atoms with E-state index in [9.17, 15) is 4.79 Å². The molecule has 2 amide bonds. The predicted octanol–water partition coefficient (Wildman–Crippen LogP) is 3.71. The van der Waals surface area contributed by atoms with Crippen molar-refractivity contribution in [1.29, 1.82) is 0 Å². The summed E-state index contributed by atoms with van der Waals surface area (Å²) in [6, 6.07) is 12.0. The number of urea groups is 1. The summed E-state index contributed by atoms with van der Waals surface area (Å²) in [7, 11) is 0. The molecule has 2 aromatic heterocycles. The number of fused-ring (bicyclic) bond motifs is 1. The Kier molecular flexibility index (Phi) is 3.88. The number of amides is 2. The van der Waals surface area contributed by atoms with E-state index in [1.54, 1.807) is 11.3 Å². The Balaban J connectivity index is 1.39. The zero-order valence-electron chi connectivity index (χ0n) is 12.4. The Bertz CT molecular complexity index is 773. The van der Waals surface area contributed by atoms with Crippen LogP contribution in [0.15, 0.2) is 41.8 Å². The van der Waals surface area contributed by atoms with Crippen molar-refractivity contribution in [2.75, 3.05) is 36.4 Å². The number of hydrogen-bond donors (Lipinski definition) is 1. The van der Waals surface area contributed by atoms with Crippen molar-refractivity contribution in [3.05, 3.63) is 41.8 Å². The van der Waals surface area contributed by atoms with Crippen LogP contribution >= 0.6 is 22.7 Å². The van der Waals surface area contributed by atoms with Gasteiger partial charge < -0.3 is 9.80 Å². The van der Waals surface area contributed by atoms with Gasteiger partial charge in [0.1, 0.15) is 0 Å². The van der Waals surface area contributed by atoms with Crippen molar-refractivity contribution < 1.29 is 4.79 Å². The second-order valence-corrected chi connectivity index (χ2v) is 7.30. The highest BCUT2D eigenvalue weighted by atomic mass is 32.1. The van der Waals surface area contributed by atoms with Crippen LogP contribution in [-0.2, 0) is 0 Å². The molecule has 0 atom stereocenters. The molecule has 1 fully saturated rings. The molecule has 3 aromatic rings. The van der Waals surface area contributed by atoms with Gasteiger partial charge in [-0.2, -0.15) is 0 Å². The molecule has 0 bridgehead atoms. The van der Waals surface area contributed by atoms with Crippen molar-refractivity contribution >= 4 is 49.1 Å². The highest BCUT2D eigenvalue weighted by molar-refractivity contribution is 7.22. The number of hydrogen-bond acceptors (Lipinski definition) is 5. The molecule has 3 heterocycles. The molecule has 1 N–H and O–H groups in total. The Morgan fingerprint density at radius 1 is 1.09 bits per heavy atom. The molecular weight excluding hydrogens is 328 g/mol. The van der Waals surface area contributed by atoms with Crippen molar-refractivity contribution in [2.45, 2.75) is 0 Å². The van der Waals surface area contributed by atoms with Crippen LogP contribution in [0.2, 0.25) is 0 Å². The Hall–Kier alpha value is -2.12. The zero-order valence-corrected chi connectivity index (χ0v) is 14.1. The Morgan fingerprint density at radius 2 is 1.91 bits per heavy atom. The maximum absolute atomic E-state index is 12.2. The molecule has 1 saturated heterocycles. The molecule has 0 aliphatic carbocycles. The molecule has 1 aliphatic rings. The van der Waals surface area contributed by atoms with E-state index in [-0.39, 0.29) is 6.03 Å². The van der Waals surface area contributed by atoms with Crippen molar-refractivity contribution in [1.82, 2.24) is 9.88 Å². The molecule has 1 aromatic carbocycles. The van der Waals surface area contributed by atoms with Crippen LogP contribution in [0, 0.1) is 0 Å². The van der Waals surface area contributed by atoms with Gasteiger partial charge in [-0.25, -0.2) is 9.78 Å². The average molecular weight is 344 g/mol. The van der Waals surface area contributed by atoms with Crippen LogP contribution in [0.3, 0.4) is 0 Å². The van der Waals surface area contributed by atoms with Crippen LogP contribution in [0.25, 0.3) is 10.2 Å². The molecular formula is C16H16N4OS2. The summed E-state index contributed by atoms with van der Waals surface area (Å²) in [4.78, 5) is 21.1. The summed E-state index contributed by atoms with van der Waals surface area (Å²) in [6.45, 7) is 3.07. The molecule has 1 aliphatic heterocycles. The minimum atomic E-state index is -0.0172. The average Bonchev–Trinajstić information content (AvgIpc) is 3.24. The van der Waals surface area contributed by atoms with Gasteiger partial charge in [-0.15, -0.1) is 11.3 Å². The summed E-state index contributed by atoms with van der Waals surface area (Å²) in [5, 5.41) is 6.84. The summed E-state index contributed by atoms with van der Waals surface area (Å²) in [5.41, 5.74) is 1.05. The van der Waals surface area contributed by atoms with E-state index in [4.69, 9.17) is 4.98 Å². The first-order chi connectivity index (χ1) is 11.3. The van der Waals surface area contributed by atoms with Gasteiger partial charge in [0.25, 0.3) is 0 Å². The molecule has 7 heteroatoms. The molecule has 0 saturated carbocycles. The lowest BCUT2D eigenvalue weighted by Crippen LogP contribution is -2.50. The maximum atomic E-state index is 12.2. The lowest BCUT2D eigenvalue weighted by molar-refractivity contribution is 0.208. The van der Waals surface area contributed by atoms with Crippen LogP contribution in [0.1, 0.15) is 0 Å². The fourth-order valence-corrected chi connectivity index (χ4v) is 4.25. The first-order valence-electron chi connectivity index (χ1n) is 7.49. The minimum Gasteiger partial charge on any atom is -0.345 e. The monoisotopic (exact) mass is 344 g/mol. The molecule has 0 unspecified atom stereocenters. The molecule has 5 nitrogen and oxygen atoms in total. The van der Waals surface area contributed by atoms with Gasteiger partial charge in [-0.05, 0) is 29.6 Å². The second kappa shape index (κ2) is 6.17. The number of anilines is 2. The number of nitrogens with zero attached hydrogens (tertiary/aromatic N) is 3. The number of thiophene rings is 1. The third-order valence-corrected chi connectivity index (χ3v) is 5.75. The van der Waals surface area contributed by atoms with Gasteiger partial charge in [0.05, 0.1) is 15.2 Å². The fourth-order valence-electron chi connectivity index (χ4n) is 2.63. The van der Waals surface area contributed by atoms with Crippen LogP contribution in [-0.4, -0.2) is 42.1 Å². The molecule has 4 rings (SSSR count). The summed E-state index contributed by atoms with van der Waals surface area (Å²) >= 11 is 3.25. The number of para-hydroxylation sites is 1. The van der Waals surface area contributed by atoms with E-state index in [1.165, 1.54) is 16.0 Å². The molecule has 118 valence electrons. The van der Waals surface area contributed by atoms with Gasteiger partial charge in [-0.1, -0.05) is 23.5 Å². The lowest BCUT2D eigenvalue weighted by atomic mass is 10.3. The van der Waals surface area contributed by atoms with E-state index in [2.05, 4.69) is 16.3 Å². The lowest BCUT2D eigenvalue weighted by Gasteiger charge is -2.34. The number of piperazine rings is 1. The number of thiazole rings is 1. The highest BCUT2D eigenvalue weighted by Crippen LogP contribution is 2.29. The van der Waals surface area contributed by atoms with E-state index in [0.717, 1.165) is 28.7 Å². The summed E-state index contributed by atoms with van der Waals surface area (Å²) in [5.74, 6) is 0. The highest BCUT2D eigenvalue weighted by Gasteiger charge is 2.23. The number of carbonyl (C=O) groups is 1. The van der Waals surface area contributed by atoms with Gasteiger partial charge in [0.2, 0.25) is 0 Å². The number of nitrogens with one attached hydrogen (secondary N) is 1. The van der Waals surface area contributed by atoms with E-state index in [1.807, 2.05) is 40.6 Å². The van der Waals surface area contributed by atoms with E-state index in [0.29, 0.717) is 13.1 Å². The smallest absolute Gasteiger partial charge is 0.322 e. The Morgan fingerprint density at radius 3 is 2.65 bits per heavy atom. The van der Waals surface area contributed by atoms with Crippen LogP contribution in [0.5, 0.6) is 0 Å². The largest absolute Gasteiger partial charge is 0.345 e. The predicted molar refractivity (Wildman–Crippen MR) is 96.7 cm³/mol. The molecule has 23 heavy (non-hydrogen) atoms. The van der Waals surface area contributed by atoms with Gasteiger partial charge >= 0.3 is 6.03 Å². The third-order valence-electron chi connectivity index (χ3n) is 3.87. The van der Waals surface area contributed by atoms with E-state index < -0.39 is 0 Å². The Labute approximate surface area is 142 Å². The first kappa shape index (κ1) is 14.5.